The van der Waals surface area contributed by atoms with Gasteiger partial charge in [-0.1, -0.05) is 25.0 Å². The lowest BCUT2D eigenvalue weighted by atomic mass is 10.1. The van der Waals surface area contributed by atoms with E-state index in [9.17, 15) is 9.59 Å². The molecular formula is C15H23NO3. The first-order valence-electron chi connectivity index (χ1n) is 7.40. The fourth-order valence-corrected chi connectivity index (χ4v) is 2.76. The predicted octanol–water partition coefficient (Wildman–Crippen LogP) is 2.43. The zero-order valence-corrected chi connectivity index (χ0v) is 11.5. The second-order valence-corrected chi connectivity index (χ2v) is 5.30. The summed E-state index contributed by atoms with van der Waals surface area (Å²) in [4.78, 5) is 25.8. The van der Waals surface area contributed by atoms with Gasteiger partial charge in [0.05, 0.1) is 0 Å². The summed E-state index contributed by atoms with van der Waals surface area (Å²) < 4.78 is 5.23. The van der Waals surface area contributed by atoms with Crippen molar-refractivity contribution in [3.63, 3.8) is 0 Å². The topological polar surface area (TPSA) is 46.6 Å². The first kappa shape index (κ1) is 14.1. The molecule has 4 heteroatoms. The third-order valence-electron chi connectivity index (χ3n) is 3.85. The second kappa shape index (κ2) is 7.31. The highest BCUT2D eigenvalue weighted by molar-refractivity contribution is 5.85. The number of carbonyl (C=O) groups excluding carboxylic acids is 2. The lowest BCUT2D eigenvalue weighted by Gasteiger charge is -2.23. The van der Waals surface area contributed by atoms with Crippen LogP contribution in [0.4, 0.5) is 0 Å². The Balaban J connectivity index is 1.98. The second-order valence-electron chi connectivity index (χ2n) is 5.30. The third kappa shape index (κ3) is 4.08. The summed E-state index contributed by atoms with van der Waals surface area (Å²) in [5.74, 6) is -0.125. The summed E-state index contributed by atoms with van der Waals surface area (Å²) in [5.41, 5.74) is 0. The van der Waals surface area contributed by atoms with Crippen molar-refractivity contribution in [1.82, 2.24) is 4.90 Å². The number of ether oxygens (including phenoxy) is 1. The van der Waals surface area contributed by atoms with E-state index in [0.29, 0.717) is 19.6 Å². The van der Waals surface area contributed by atoms with Gasteiger partial charge < -0.3 is 9.64 Å². The Labute approximate surface area is 114 Å². The van der Waals surface area contributed by atoms with E-state index in [-0.39, 0.29) is 17.9 Å². The quantitative estimate of drug-likeness (QED) is 0.499. The maximum absolute atomic E-state index is 12.1. The van der Waals surface area contributed by atoms with Crippen LogP contribution in [0.5, 0.6) is 0 Å². The molecule has 19 heavy (non-hydrogen) atoms. The van der Waals surface area contributed by atoms with Gasteiger partial charge in [-0.05, 0) is 32.1 Å². The van der Waals surface area contributed by atoms with E-state index in [0.717, 1.165) is 38.5 Å². The van der Waals surface area contributed by atoms with Gasteiger partial charge in [-0.3, -0.25) is 4.79 Å². The molecule has 1 atom stereocenters. The fourth-order valence-electron chi connectivity index (χ4n) is 2.76. The highest BCUT2D eigenvalue weighted by Crippen LogP contribution is 2.20. The molecule has 0 aromatic carbocycles. The van der Waals surface area contributed by atoms with Gasteiger partial charge in [0.15, 0.2) is 0 Å². The molecule has 2 rings (SSSR count). The molecule has 0 N–H and O–H groups in total. The molecule has 0 bridgehead atoms. The van der Waals surface area contributed by atoms with E-state index in [2.05, 4.69) is 6.08 Å². The minimum Gasteiger partial charge on any atom is -0.460 e. The molecule has 0 spiro atoms. The summed E-state index contributed by atoms with van der Waals surface area (Å²) in [6.45, 7) is 1.03. The van der Waals surface area contributed by atoms with Crippen molar-refractivity contribution in [2.45, 2.75) is 57.4 Å². The van der Waals surface area contributed by atoms with Crippen LogP contribution in [0.1, 0.15) is 51.4 Å². The molecule has 4 nitrogen and oxygen atoms in total. The number of rotatable bonds is 0. The third-order valence-corrected chi connectivity index (χ3v) is 3.85. The summed E-state index contributed by atoms with van der Waals surface area (Å²) in [5, 5.41) is 0. The monoisotopic (exact) mass is 265 g/mol. The van der Waals surface area contributed by atoms with E-state index >= 15 is 0 Å². The van der Waals surface area contributed by atoms with Crippen molar-refractivity contribution in [3.8, 4) is 0 Å². The summed E-state index contributed by atoms with van der Waals surface area (Å²) in [6, 6.07) is -0.344. The molecule has 1 saturated heterocycles. The van der Waals surface area contributed by atoms with Crippen molar-refractivity contribution in [2.75, 3.05) is 13.2 Å². The van der Waals surface area contributed by atoms with Gasteiger partial charge in [0.2, 0.25) is 5.91 Å². The average Bonchev–Trinajstić information content (AvgIpc) is 2.89. The highest BCUT2D eigenvalue weighted by Gasteiger charge is 2.34. The Kier molecular flexibility index (Phi) is 5.43. The van der Waals surface area contributed by atoms with Crippen molar-refractivity contribution < 1.29 is 14.3 Å². The fraction of sp³-hybridized carbons (Fsp3) is 0.733. The SMILES string of the molecule is O=C1OCC=CCCCCCCC(=O)N2CCCC12. The Hall–Kier alpha value is -1.32. The van der Waals surface area contributed by atoms with Crippen LogP contribution in [-0.4, -0.2) is 36.0 Å². The Morgan fingerprint density at radius 3 is 2.79 bits per heavy atom. The van der Waals surface area contributed by atoms with Crippen molar-refractivity contribution in [3.05, 3.63) is 12.2 Å². The number of fused-ring (bicyclic) bond motifs is 1. The van der Waals surface area contributed by atoms with E-state index in [1.54, 1.807) is 4.90 Å². The maximum Gasteiger partial charge on any atom is 0.329 e. The van der Waals surface area contributed by atoms with Crippen LogP contribution >= 0.6 is 0 Å². The van der Waals surface area contributed by atoms with Gasteiger partial charge >= 0.3 is 5.97 Å². The largest absolute Gasteiger partial charge is 0.460 e. The molecule has 1 unspecified atom stereocenters. The number of cyclic esters (lactones) is 1. The summed E-state index contributed by atoms with van der Waals surface area (Å²) in [6.07, 6.45) is 11.6. The average molecular weight is 265 g/mol. The lowest BCUT2D eigenvalue weighted by Crippen LogP contribution is -2.41. The van der Waals surface area contributed by atoms with Crippen molar-refractivity contribution >= 4 is 11.9 Å². The Bertz CT molecular complexity index is 351. The van der Waals surface area contributed by atoms with Gasteiger partial charge in [-0.2, -0.15) is 0 Å². The normalized spacial score (nSPS) is 26.7. The Morgan fingerprint density at radius 2 is 1.89 bits per heavy atom. The zero-order chi connectivity index (χ0) is 13.5. The highest BCUT2D eigenvalue weighted by atomic mass is 16.5. The van der Waals surface area contributed by atoms with E-state index in [4.69, 9.17) is 4.74 Å². The van der Waals surface area contributed by atoms with E-state index < -0.39 is 0 Å². The number of esters is 1. The van der Waals surface area contributed by atoms with Crippen molar-refractivity contribution in [1.29, 1.82) is 0 Å². The molecule has 0 aliphatic carbocycles. The first-order valence-corrected chi connectivity index (χ1v) is 7.40. The molecule has 0 aromatic rings. The number of hydrogen-bond donors (Lipinski definition) is 0. The number of amides is 1. The van der Waals surface area contributed by atoms with Crippen molar-refractivity contribution in [2.24, 2.45) is 0 Å². The minimum absolute atomic E-state index is 0.118. The molecule has 1 fully saturated rings. The minimum atomic E-state index is -0.344. The summed E-state index contributed by atoms with van der Waals surface area (Å²) >= 11 is 0. The predicted molar refractivity (Wildman–Crippen MR) is 72.5 cm³/mol. The first-order chi connectivity index (χ1) is 9.29. The number of carbonyl (C=O) groups is 2. The maximum atomic E-state index is 12.1. The summed E-state index contributed by atoms with van der Waals surface area (Å²) in [7, 11) is 0. The van der Waals surface area contributed by atoms with Gasteiger partial charge in [0, 0.05) is 13.0 Å². The molecule has 0 aromatic heterocycles. The van der Waals surface area contributed by atoms with Crippen LogP contribution in [0.15, 0.2) is 12.2 Å². The number of nitrogens with zero attached hydrogens (tertiary/aromatic N) is 1. The van der Waals surface area contributed by atoms with Crippen LogP contribution in [0, 0.1) is 0 Å². The smallest absolute Gasteiger partial charge is 0.329 e. The molecule has 1 amide bonds. The zero-order valence-electron chi connectivity index (χ0n) is 11.5. The number of hydrogen-bond acceptors (Lipinski definition) is 3. The van der Waals surface area contributed by atoms with Gasteiger partial charge in [0.1, 0.15) is 12.6 Å². The Morgan fingerprint density at radius 1 is 1.05 bits per heavy atom. The lowest BCUT2D eigenvalue weighted by molar-refractivity contribution is -0.152. The van der Waals surface area contributed by atoms with Crippen LogP contribution in [0.25, 0.3) is 0 Å². The molecule has 0 radical (unpaired) electrons. The standard InChI is InChI=1S/C15H23NO3/c17-14-10-6-4-2-1-3-5-7-12-19-15(18)13-9-8-11-16(13)14/h5,7,13H,1-4,6,8-12H2. The molecule has 2 aliphatic rings. The molecule has 2 heterocycles. The van der Waals surface area contributed by atoms with Crippen LogP contribution in [0.2, 0.25) is 0 Å². The van der Waals surface area contributed by atoms with E-state index in [1.807, 2.05) is 6.08 Å². The molecule has 2 aliphatic heterocycles. The molecular weight excluding hydrogens is 242 g/mol. The number of allylic oxidation sites excluding steroid dienone is 1. The van der Waals surface area contributed by atoms with Gasteiger partial charge in [0.25, 0.3) is 0 Å². The van der Waals surface area contributed by atoms with Crippen LogP contribution in [-0.2, 0) is 14.3 Å². The van der Waals surface area contributed by atoms with E-state index in [1.165, 1.54) is 6.42 Å². The van der Waals surface area contributed by atoms with Crippen LogP contribution < -0.4 is 0 Å². The van der Waals surface area contributed by atoms with Gasteiger partial charge in [-0.25, -0.2) is 4.79 Å². The molecule has 106 valence electrons. The van der Waals surface area contributed by atoms with Gasteiger partial charge in [-0.15, -0.1) is 0 Å². The molecule has 0 saturated carbocycles. The van der Waals surface area contributed by atoms with Crippen LogP contribution in [0.3, 0.4) is 0 Å².